The molecular formula is C14H23Cl2N3O. The number of likely N-dealkylation sites (tertiary alicyclic amines) is 1. The molecular weight excluding hydrogens is 297 g/mol. The lowest BCUT2D eigenvalue weighted by Crippen LogP contribution is -2.49. The average Bonchev–Trinajstić information content (AvgIpc) is 2.38. The molecule has 2 rings (SSSR count). The van der Waals surface area contributed by atoms with Crippen molar-refractivity contribution in [2.24, 2.45) is 11.7 Å². The predicted octanol–water partition coefficient (Wildman–Crippen LogP) is 2.43. The summed E-state index contributed by atoms with van der Waals surface area (Å²) in [5.74, 6) is 0.669. The molecule has 1 aromatic heterocycles. The zero-order chi connectivity index (χ0) is 13.1. The molecule has 4 nitrogen and oxygen atoms in total. The normalized spacial score (nSPS) is 21.6. The highest BCUT2D eigenvalue weighted by molar-refractivity contribution is 5.93. The number of carbonyl (C=O) groups excluding carboxylic acids is 1. The number of piperidine rings is 1. The molecule has 1 saturated heterocycles. The smallest absolute Gasteiger partial charge is 0.273 e. The van der Waals surface area contributed by atoms with Gasteiger partial charge in [-0.25, -0.2) is 0 Å². The molecule has 1 aromatic rings. The van der Waals surface area contributed by atoms with E-state index in [2.05, 4.69) is 11.9 Å². The number of amides is 1. The van der Waals surface area contributed by atoms with Gasteiger partial charge in [-0.15, -0.1) is 24.8 Å². The number of carbonyl (C=O) groups is 1. The van der Waals surface area contributed by atoms with Crippen LogP contribution in [0.15, 0.2) is 18.3 Å². The zero-order valence-electron chi connectivity index (χ0n) is 11.9. The van der Waals surface area contributed by atoms with Crippen LogP contribution in [0.3, 0.4) is 0 Å². The number of aryl methyl sites for hydroxylation is 1. The van der Waals surface area contributed by atoms with Gasteiger partial charge in [0.2, 0.25) is 0 Å². The van der Waals surface area contributed by atoms with Crippen LogP contribution < -0.4 is 5.73 Å². The van der Waals surface area contributed by atoms with Gasteiger partial charge in [0.15, 0.2) is 0 Å². The molecule has 2 atom stereocenters. The van der Waals surface area contributed by atoms with Crippen molar-refractivity contribution < 1.29 is 4.79 Å². The topological polar surface area (TPSA) is 59.2 Å². The van der Waals surface area contributed by atoms with Gasteiger partial charge in [0.1, 0.15) is 5.69 Å². The highest BCUT2D eigenvalue weighted by Gasteiger charge is 2.30. The van der Waals surface area contributed by atoms with Crippen LogP contribution in [-0.4, -0.2) is 34.9 Å². The highest BCUT2D eigenvalue weighted by Crippen LogP contribution is 2.23. The third-order valence-corrected chi connectivity index (χ3v) is 3.72. The molecule has 1 amide bonds. The number of halogens is 2. The fraction of sp³-hybridized carbons (Fsp3) is 0.571. The quantitative estimate of drug-likeness (QED) is 0.910. The molecule has 1 aliphatic rings. The molecule has 1 fully saturated rings. The lowest BCUT2D eigenvalue weighted by atomic mass is 9.92. The lowest BCUT2D eigenvalue weighted by molar-refractivity contribution is 0.0567. The maximum Gasteiger partial charge on any atom is 0.273 e. The summed E-state index contributed by atoms with van der Waals surface area (Å²) in [5.41, 5.74) is 7.28. The van der Waals surface area contributed by atoms with Crippen molar-refractivity contribution in [2.75, 3.05) is 13.1 Å². The first-order valence-corrected chi connectivity index (χ1v) is 6.56. The SMILES string of the molecule is Cc1cccnc1C(=O)N1CCC(C)CC1CN.Cl.Cl. The van der Waals surface area contributed by atoms with Gasteiger partial charge in [0.05, 0.1) is 0 Å². The molecule has 0 radical (unpaired) electrons. The van der Waals surface area contributed by atoms with Crippen molar-refractivity contribution in [1.82, 2.24) is 9.88 Å². The van der Waals surface area contributed by atoms with E-state index in [0.29, 0.717) is 18.2 Å². The van der Waals surface area contributed by atoms with Crippen molar-refractivity contribution in [2.45, 2.75) is 32.7 Å². The van der Waals surface area contributed by atoms with Gasteiger partial charge < -0.3 is 10.6 Å². The summed E-state index contributed by atoms with van der Waals surface area (Å²) in [6.45, 7) is 5.46. The van der Waals surface area contributed by atoms with Crippen LogP contribution in [0.2, 0.25) is 0 Å². The maximum absolute atomic E-state index is 12.5. The number of rotatable bonds is 2. The van der Waals surface area contributed by atoms with E-state index in [-0.39, 0.29) is 36.8 Å². The Bertz CT molecular complexity index is 442. The Morgan fingerprint density at radius 2 is 2.20 bits per heavy atom. The Labute approximate surface area is 132 Å². The Kier molecular flexibility index (Phi) is 8.09. The van der Waals surface area contributed by atoms with E-state index in [9.17, 15) is 4.79 Å². The lowest BCUT2D eigenvalue weighted by Gasteiger charge is -2.38. The van der Waals surface area contributed by atoms with E-state index >= 15 is 0 Å². The highest BCUT2D eigenvalue weighted by atomic mass is 35.5. The van der Waals surface area contributed by atoms with Crippen molar-refractivity contribution >= 4 is 30.7 Å². The van der Waals surface area contributed by atoms with Crippen molar-refractivity contribution in [3.8, 4) is 0 Å². The van der Waals surface area contributed by atoms with Gasteiger partial charge in [-0.1, -0.05) is 13.0 Å². The Balaban J connectivity index is 0.00000180. The van der Waals surface area contributed by atoms with E-state index in [0.717, 1.165) is 24.9 Å². The third-order valence-electron chi connectivity index (χ3n) is 3.72. The van der Waals surface area contributed by atoms with Gasteiger partial charge in [-0.3, -0.25) is 9.78 Å². The fourth-order valence-corrected chi connectivity index (χ4v) is 2.59. The van der Waals surface area contributed by atoms with E-state index in [1.165, 1.54) is 0 Å². The van der Waals surface area contributed by atoms with Crippen molar-refractivity contribution in [3.05, 3.63) is 29.6 Å². The first kappa shape index (κ1) is 19.2. The van der Waals surface area contributed by atoms with Crippen LogP contribution in [0.1, 0.15) is 35.8 Å². The second kappa shape index (κ2) is 8.45. The molecule has 2 N–H and O–H groups in total. The van der Waals surface area contributed by atoms with Gasteiger partial charge in [0.25, 0.3) is 5.91 Å². The standard InChI is InChI=1S/C14H21N3O.2ClH/c1-10-5-7-17(12(8-10)9-15)14(18)13-11(2)4-3-6-16-13;;/h3-4,6,10,12H,5,7-9,15H2,1-2H3;2*1H. The molecule has 0 aromatic carbocycles. The third kappa shape index (κ3) is 4.08. The first-order chi connectivity index (χ1) is 8.63. The molecule has 6 heteroatoms. The van der Waals surface area contributed by atoms with E-state index in [1.54, 1.807) is 6.20 Å². The van der Waals surface area contributed by atoms with Crippen LogP contribution in [0.25, 0.3) is 0 Å². The first-order valence-electron chi connectivity index (χ1n) is 6.56. The van der Waals surface area contributed by atoms with Gasteiger partial charge in [-0.05, 0) is 37.3 Å². The summed E-state index contributed by atoms with van der Waals surface area (Å²) in [5, 5.41) is 0. The van der Waals surface area contributed by atoms with E-state index in [1.807, 2.05) is 24.0 Å². The number of nitrogens with zero attached hydrogens (tertiary/aromatic N) is 2. The predicted molar refractivity (Wildman–Crippen MR) is 85.7 cm³/mol. The minimum atomic E-state index is 0. The Morgan fingerprint density at radius 3 is 2.80 bits per heavy atom. The van der Waals surface area contributed by atoms with E-state index < -0.39 is 0 Å². The summed E-state index contributed by atoms with van der Waals surface area (Å²) in [7, 11) is 0. The molecule has 20 heavy (non-hydrogen) atoms. The molecule has 0 aliphatic carbocycles. The van der Waals surface area contributed by atoms with E-state index in [4.69, 9.17) is 5.73 Å². The summed E-state index contributed by atoms with van der Waals surface area (Å²) in [4.78, 5) is 18.6. The van der Waals surface area contributed by atoms with Crippen molar-refractivity contribution in [1.29, 1.82) is 0 Å². The Morgan fingerprint density at radius 1 is 1.50 bits per heavy atom. The number of hydrogen-bond acceptors (Lipinski definition) is 3. The average molecular weight is 320 g/mol. The maximum atomic E-state index is 12.5. The number of nitrogens with two attached hydrogens (primary N) is 1. The molecule has 0 bridgehead atoms. The summed E-state index contributed by atoms with van der Waals surface area (Å²) < 4.78 is 0. The second-order valence-electron chi connectivity index (χ2n) is 5.19. The van der Waals surface area contributed by atoms with Crippen LogP contribution in [0, 0.1) is 12.8 Å². The van der Waals surface area contributed by atoms with Crippen molar-refractivity contribution in [3.63, 3.8) is 0 Å². The molecule has 1 aliphatic heterocycles. The van der Waals surface area contributed by atoms with Gasteiger partial charge >= 0.3 is 0 Å². The minimum absolute atomic E-state index is 0. The van der Waals surface area contributed by atoms with Gasteiger partial charge in [-0.2, -0.15) is 0 Å². The molecule has 2 heterocycles. The fourth-order valence-electron chi connectivity index (χ4n) is 2.59. The molecule has 0 saturated carbocycles. The van der Waals surface area contributed by atoms with Crippen LogP contribution in [0.4, 0.5) is 0 Å². The monoisotopic (exact) mass is 319 g/mol. The summed E-state index contributed by atoms with van der Waals surface area (Å²) >= 11 is 0. The largest absolute Gasteiger partial charge is 0.333 e. The number of hydrogen-bond donors (Lipinski definition) is 1. The van der Waals surface area contributed by atoms with Gasteiger partial charge in [0, 0.05) is 25.3 Å². The molecule has 2 unspecified atom stereocenters. The number of pyridine rings is 1. The number of aromatic nitrogens is 1. The van der Waals surface area contributed by atoms with Crippen LogP contribution in [-0.2, 0) is 0 Å². The molecule has 0 spiro atoms. The minimum Gasteiger partial charge on any atom is -0.333 e. The summed E-state index contributed by atoms with van der Waals surface area (Å²) in [6, 6.07) is 3.93. The zero-order valence-corrected chi connectivity index (χ0v) is 13.5. The molecule has 114 valence electrons. The van der Waals surface area contributed by atoms with Crippen LogP contribution >= 0.6 is 24.8 Å². The Hall–Kier alpha value is -0.840. The second-order valence-corrected chi connectivity index (χ2v) is 5.19. The van der Waals surface area contributed by atoms with Crippen LogP contribution in [0.5, 0.6) is 0 Å². The summed E-state index contributed by atoms with van der Waals surface area (Å²) in [6.07, 6.45) is 3.71.